The van der Waals surface area contributed by atoms with Gasteiger partial charge in [-0.1, -0.05) is 12.1 Å². The number of amides is 1. The van der Waals surface area contributed by atoms with Crippen LogP contribution in [0.25, 0.3) is 11.1 Å². The SMILES string of the molecule is CCN1CCC(CNC(=O)c2cc(C)nc3onc(C)c23)CC1. The molecule has 0 atom stereocenters. The highest BCUT2D eigenvalue weighted by Gasteiger charge is 2.21. The molecule has 1 aliphatic rings. The molecular formula is C17H24N4O2. The van der Waals surface area contributed by atoms with Crippen molar-refractivity contribution in [3.8, 4) is 0 Å². The highest BCUT2D eigenvalue weighted by Crippen LogP contribution is 2.22. The highest BCUT2D eigenvalue weighted by molar-refractivity contribution is 6.06. The maximum Gasteiger partial charge on any atom is 0.258 e. The first-order chi connectivity index (χ1) is 11.1. The Morgan fingerprint density at radius 3 is 2.83 bits per heavy atom. The second-order valence-corrected chi connectivity index (χ2v) is 6.35. The minimum atomic E-state index is -0.0651. The molecule has 0 spiro atoms. The number of aryl methyl sites for hydroxylation is 2. The Morgan fingerprint density at radius 2 is 2.13 bits per heavy atom. The zero-order valence-corrected chi connectivity index (χ0v) is 14.1. The van der Waals surface area contributed by atoms with Crippen LogP contribution in [0.15, 0.2) is 10.6 Å². The molecule has 0 aliphatic carbocycles. The number of nitrogens with one attached hydrogen (secondary N) is 1. The molecule has 1 aliphatic heterocycles. The molecule has 2 aromatic rings. The lowest BCUT2D eigenvalue weighted by atomic mass is 9.96. The molecule has 0 bridgehead atoms. The summed E-state index contributed by atoms with van der Waals surface area (Å²) < 4.78 is 5.19. The molecule has 1 saturated heterocycles. The maximum absolute atomic E-state index is 12.6. The molecule has 1 N–H and O–H groups in total. The van der Waals surface area contributed by atoms with E-state index in [-0.39, 0.29) is 5.91 Å². The number of piperidine rings is 1. The number of hydrogen-bond acceptors (Lipinski definition) is 5. The normalized spacial score (nSPS) is 16.8. The van der Waals surface area contributed by atoms with Gasteiger partial charge in [0.05, 0.1) is 16.6 Å². The van der Waals surface area contributed by atoms with Crippen LogP contribution in [0.1, 0.15) is 41.5 Å². The summed E-state index contributed by atoms with van der Waals surface area (Å²) in [7, 11) is 0. The van der Waals surface area contributed by atoms with Crippen LogP contribution in [0.2, 0.25) is 0 Å². The Balaban J connectivity index is 1.68. The summed E-state index contributed by atoms with van der Waals surface area (Å²) in [5.41, 5.74) is 2.50. The van der Waals surface area contributed by atoms with Crippen molar-refractivity contribution in [3.63, 3.8) is 0 Å². The van der Waals surface area contributed by atoms with Crippen LogP contribution in [0.4, 0.5) is 0 Å². The number of carbonyl (C=O) groups excluding carboxylic acids is 1. The largest absolute Gasteiger partial charge is 0.352 e. The number of likely N-dealkylation sites (tertiary alicyclic amines) is 1. The number of nitrogens with zero attached hydrogens (tertiary/aromatic N) is 3. The van der Waals surface area contributed by atoms with Crippen molar-refractivity contribution in [1.82, 2.24) is 20.4 Å². The third-order valence-electron chi connectivity index (χ3n) is 4.70. The second-order valence-electron chi connectivity index (χ2n) is 6.35. The molecule has 124 valence electrons. The van der Waals surface area contributed by atoms with Crippen molar-refractivity contribution in [2.75, 3.05) is 26.2 Å². The van der Waals surface area contributed by atoms with Gasteiger partial charge < -0.3 is 14.7 Å². The van der Waals surface area contributed by atoms with Crippen LogP contribution in [0, 0.1) is 19.8 Å². The third kappa shape index (κ3) is 3.37. The Bertz CT molecular complexity index is 702. The molecule has 0 radical (unpaired) electrons. The first-order valence-electron chi connectivity index (χ1n) is 8.32. The number of carbonyl (C=O) groups is 1. The summed E-state index contributed by atoms with van der Waals surface area (Å²) in [4.78, 5) is 19.4. The van der Waals surface area contributed by atoms with E-state index in [0.29, 0.717) is 28.3 Å². The standard InChI is InChI=1S/C17H24N4O2/c1-4-21-7-5-13(6-8-21)10-18-16(22)14-9-11(2)19-17-15(14)12(3)20-23-17/h9,13H,4-8,10H2,1-3H3,(H,18,22). The van der Waals surface area contributed by atoms with Crippen LogP contribution >= 0.6 is 0 Å². The summed E-state index contributed by atoms with van der Waals surface area (Å²) in [5.74, 6) is 0.494. The van der Waals surface area contributed by atoms with E-state index in [4.69, 9.17) is 4.52 Å². The molecule has 0 saturated carbocycles. The van der Waals surface area contributed by atoms with Crippen molar-refractivity contribution < 1.29 is 9.32 Å². The van der Waals surface area contributed by atoms with Crippen molar-refractivity contribution in [3.05, 3.63) is 23.0 Å². The zero-order valence-electron chi connectivity index (χ0n) is 14.1. The van der Waals surface area contributed by atoms with Gasteiger partial charge in [0.1, 0.15) is 0 Å². The lowest BCUT2D eigenvalue weighted by Crippen LogP contribution is -2.38. The van der Waals surface area contributed by atoms with E-state index >= 15 is 0 Å². The Labute approximate surface area is 136 Å². The van der Waals surface area contributed by atoms with E-state index in [2.05, 4.69) is 27.3 Å². The molecule has 3 heterocycles. The number of hydrogen-bond donors (Lipinski definition) is 1. The van der Waals surface area contributed by atoms with E-state index in [1.807, 2.05) is 19.9 Å². The third-order valence-corrected chi connectivity index (χ3v) is 4.70. The van der Waals surface area contributed by atoms with Gasteiger partial charge in [-0.25, -0.2) is 4.98 Å². The molecule has 0 aromatic carbocycles. The lowest BCUT2D eigenvalue weighted by molar-refractivity contribution is 0.0938. The van der Waals surface area contributed by atoms with E-state index in [1.165, 1.54) is 0 Å². The van der Waals surface area contributed by atoms with Gasteiger partial charge in [-0.15, -0.1) is 0 Å². The van der Waals surface area contributed by atoms with Crippen molar-refractivity contribution in [2.45, 2.75) is 33.6 Å². The summed E-state index contributed by atoms with van der Waals surface area (Å²) in [5, 5.41) is 7.72. The topological polar surface area (TPSA) is 71.3 Å². The van der Waals surface area contributed by atoms with E-state index in [0.717, 1.165) is 44.7 Å². The van der Waals surface area contributed by atoms with Gasteiger partial charge in [0.25, 0.3) is 11.6 Å². The monoisotopic (exact) mass is 316 g/mol. The molecule has 6 nitrogen and oxygen atoms in total. The van der Waals surface area contributed by atoms with Gasteiger partial charge in [-0.05, 0) is 58.3 Å². The minimum Gasteiger partial charge on any atom is -0.352 e. The van der Waals surface area contributed by atoms with Gasteiger partial charge in [0, 0.05) is 12.2 Å². The summed E-state index contributed by atoms with van der Waals surface area (Å²) in [6.07, 6.45) is 2.29. The molecule has 2 aromatic heterocycles. The van der Waals surface area contributed by atoms with E-state index in [9.17, 15) is 4.79 Å². The molecule has 6 heteroatoms. The molecule has 1 fully saturated rings. The number of aromatic nitrogens is 2. The average Bonchev–Trinajstić information content (AvgIpc) is 2.93. The van der Waals surface area contributed by atoms with Crippen molar-refractivity contribution in [1.29, 1.82) is 0 Å². The predicted octanol–water partition coefficient (Wildman–Crippen LogP) is 2.30. The first kappa shape index (κ1) is 15.9. The molecular weight excluding hydrogens is 292 g/mol. The second kappa shape index (κ2) is 6.66. The first-order valence-corrected chi connectivity index (χ1v) is 8.32. The number of fused-ring (bicyclic) bond motifs is 1. The van der Waals surface area contributed by atoms with Crippen LogP contribution in [-0.4, -0.2) is 47.1 Å². The average molecular weight is 316 g/mol. The lowest BCUT2D eigenvalue weighted by Gasteiger charge is -2.31. The Morgan fingerprint density at radius 1 is 1.39 bits per heavy atom. The molecule has 23 heavy (non-hydrogen) atoms. The Hall–Kier alpha value is -1.95. The Kier molecular flexibility index (Phi) is 4.61. The van der Waals surface area contributed by atoms with Gasteiger partial charge >= 0.3 is 0 Å². The molecule has 0 unspecified atom stereocenters. The summed E-state index contributed by atoms with van der Waals surface area (Å²) in [6.45, 7) is 9.97. The molecule has 3 rings (SSSR count). The summed E-state index contributed by atoms with van der Waals surface area (Å²) in [6, 6.07) is 1.81. The smallest absolute Gasteiger partial charge is 0.258 e. The fourth-order valence-corrected chi connectivity index (χ4v) is 3.24. The van der Waals surface area contributed by atoms with Gasteiger partial charge in [-0.3, -0.25) is 4.79 Å². The van der Waals surface area contributed by atoms with Gasteiger partial charge in [0.2, 0.25) is 0 Å². The van der Waals surface area contributed by atoms with Crippen LogP contribution in [-0.2, 0) is 0 Å². The number of pyridine rings is 1. The van der Waals surface area contributed by atoms with Crippen LogP contribution in [0.5, 0.6) is 0 Å². The zero-order chi connectivity index (χ0) is 16.4. The van der Waals surface area contributed by atoms with Gasteiger partial charge in [-0.2, -0.15) is 0 Å². The molecule has 1 amide bonds. The van der Waals surface area contributed by atoms with Crippen LogP contribution < -0.4 is 5.32 Å². The quantitative estimate of drug-likeness (QED) is 0.937. The summed E-state index contributed by atoms with van der Waals surface area (Å²) >= 11 is 0. The van der Waals surface area contributed by atoms with E-state index in [1.54, 1.807) is 0 Å². The predicted molar refractivity (Wildman–Crippen MR) is 88.4 cm³/mol. The van der Waals surface area contributed by atoms with E-state index < -0.39 is 0 Å². The highest BCUT2D eigenvalue weighted by atomic mass is 16.5. The van der Waals surface area contributed by atoms with Gasteiger partial charge in [0.15, 0.2) is 0 Å². The number of rotatable bonds is 4. The van der Waals surface area contributed by atoms with Crippen molar-refractivity contribution >= 4 is 17.0 Å². The minimum absolute atomic E-state index is 0.0651. The van der Waals surface area contributed by atoms with Crippen molar-refractivity contribution in [2.24, 2.45) is 5.92 Å². The maximum atomic E-state index is 12.6. The fraction of sp³-hybridized carbons (Fsp3) is 0.588. The fourth-order valence-electron chi connectivity index (χ4n) is 3.24. The van der Waals surface area contributed by atoms with Crippen LogP contribution in [0.3, 0.4) is 0 Å².